The van der Waals surface area contributed by atoms with Gasteiger partial charge in [0.2, 0.25) is 0 Å². The molecule has 0 amide bonds. The topological polar surface area (TPSA) is 56.3 Å². The third kappa shape index (κ3) is 2.65. The maximum absolute atomic E-state index is 14.0. The molecule has 0 aliphatic heterocycles. The zero-order valence-electron chi connectivity index (χ0n) is 13.8. The Morgan fingerprint density at radius 3 is 1.43 bits per heavy atom. The van der Waals surface area contributed by atoms with E-state index in [9.17, 15) is 28.1 Å². The molecule has 134 valence electrons. The number of nitriles is 2. The van der Waals surface area contributed by atoms with Gasteiger partial charge < -0.3 is 0 Å². The average molecular weight is 378 g/mol. The Kier molecular flexibility index (Phi) is 4.58. The molecule has 0 radical (unpaired) electrons. The van der Waals surface area contributed by atoms with Crippen molar-refractivity contribution < 1.29 is 17.6 Å². The van der Waals surface area contributed by atoms with Gasteiger partial charge in [-0.05, 0) is 46.6 Å². The number of halogens is 4. The molecule has 2 unspecified atom stereocenters. The van der Waals surface area contributed by atoms with Crippen LogP contribution >= 0.6 is 0 Å². The van der Waals surface area contributed by atoms with Gasteiger partial charge in [0.05, 0.1) is 25.3 Å². The molecule has 0 spiro atoms. The summed E-state index contributed by atoms with van der Waals surface area (Å²) in [6.45, 7) is 14.4. The summed E-state index contributed by atoms with van der Waals surface area (Å²) in [6, 6.07) is 4.70. The first kappa shape index (κ1) is 18.6. The highest BCUT2D eigenvalue weighted by Gasteiger charge is 2.41. The second kappa shape index (κ2) is 6.88. The van der Waals surface area contributed by atoms with Gasteiger partial charge >= 0.3 is 0 Å². The molecule has 0 bridgehead atoms. The van der Waals surface area contributed by atoms with Gasteiger partial charge in [-0.3, -0.25) is 0 Å². The fourth-order valence-corrected chi connectivity index (χ4v) is 3.42. The molecule has 0 N–H and O–H groups in total. The lowest BCUT2D eigenvalue weighted by molar-refractivity contribution is 0.496. The minimum Gasteiger partial charge on any atom is -0.226 e. The Morgan fingerprint density at radius 1 is 0.786 bits per heavy atom. The molecule has 2 aliphatic rings. The Labute approximate surface area is 156 Å². The molecule has 1 aromatic carbocycles. The first-order chi connectivity index (χ1) is 13.4. The quantitative estimate of drug-likeness (QED) is 0.352. The van der Waals surface area contributed by atoms with Crippen LogP contribution in [0, 0.1) is 59.3 Å². The van der Waals surface area contributed by atoms with Crippen molar-refractivity contribution in [3.8, 4) is 12.1 Å². The van der Waals surface area contributed by atoms with E-state index in [1.54, 1.807) is 12.1 Å². The predicted octanol–water partition coefficient (Wildman–Crippen LogP) is 5.24. The highest BCUT2D eigenvalue weighted by Crippen LogP contribution is 2.52. The van der Waals surface area contributed by atoms with E-state index >= 15 is 0 Å². The van der Waals surface area contributed by atoms with Gasteiger partial charge in [-0.2, -0.15) is 0 Å². The van der Waals surface area contributed by atoms with E-state index in [1.807, 2.05) is 0 Å². The lowest BCUT2D eigenvalue weighted by Crippen LogP contribution is -2.25. The van der Waals surface area contributed by atoms with Gasteiger partial charge in [0.1, 0.15) is 0 Å². The van der Waals surface area contributed by atoms with Crippen molar-refractivity contribution >= 4 is 11.1 Å². The van der Waals surface area contributed by atoms with Crippen LogP contribution in [0.4, 0.5) is 17.6 Å². The number of hydrogen-bond acceptors (Lipinski definition) is 2. The predicted molar refractivity (Wildman–Crippen MR) is 90.0 cm³/mol. The molecule has 0 heterocycles. The highest BCUT2D eigenvalue weighted by atomic mass is 19.2. The Balaban J connectivity index is 2.56. The first-order valence-electron chi connectivity index (χ1n) is 7.66. The van der Waals surface area contributed by atoms with E-state index in [4.69, 9.17) is 13.1 Å². The molecule has 0 saturated carbocycles. The first-order valence-corrected chi connectivity index (χ1v) is 7.66. The van der Waals surface area contributed by atoms with Crippen LogP contribution < -0.4 is 0 Å². The number of rotatable bonds is 0. The van der Waals surface area contributed by atoms with E-state index in [-0.39, 0.29) is 22.3 Å². The smallest absolute Gasteiger partial charge is 0.226 e. The van der Waals surface area contributed by atoms with Gasteiger partial charge in [-0.15, -0.1) is 0 Å². The SMILES string of the molecule is [C-]#[N+]/C(C#N)=C1\c2cc(F)c(F)cc2/C(=C(/C#N)[N+]#[C-])C2C=C(F)C(F)=CC12. The van der Waals surface area contributed by atoms with Crippen LogP contribution in [0.15, 0.2) is 47.3 Å². The minimum absolute atomic E-state index is 0.124. The second-order valence-corrected chi connectivity index (χ2v) is 5.86. The van der Waals surface area contributed by atoms with Crippen LogP contribution in [-0.4, -0.2) is 0 Å². The largest absolute Gasteiger partial charge is 0.266 e. The Bertz CT molecular complexity index is 1080. The Hall–Kier alpha value is -4.14. The fraction of sp³-hybridized carbons (Fsp3) is 0.100. The minimum atomic E-state index is -1.29. The maximum Gasteiger partial charge on any atom is 0.266 e. The number of fused-ring (bicyclic) bond motifs is 2. The molecule has 2 aliphatic carbocycles. The van der Waals surface area contributed by atoms with Crippen LogP contribution in [0.5, 0.6) is 0 Å². The standard InChI is InChI=1S/C20H6F4N4/c1-27-17(7-25)19-9-3-13(21)15(23)5-11(9)20(18(8-26)28-2)12-6-16(24)14(22)4-10(12)19/h3-6,9,11H/b19-17-,20-18-. The maximum atomic E-state index is 14.0. The molecule has 0 aromatic heterocycles. The summed E-state index contributed by atoms with van der Waals surface area (Å²) in [7, 11) is 0. The van der Waals surface area contributed by atoms with E-state index in [0.29, 0.717) is 0 Å². The lowest BCUT2D eigenvalue weighted by Gasteiger charge is -2.37. The van der Waals surface area contributed by atoms with Crippen LogP contribution in [0.2, 0.25) is 0 Å². The third-order valence-corrected chi connectivity index (χ3v) is 4.52. The van der Waals surface area contributed by atoms with Gasteiger partial charge in [0.15, 0.2) is 23.3 Å². The Morgan fingerprint density at radius 2 is 1.14 bits per heavy atom. The summed E-state index contributed by atoms with van der Waals surface area (Å²) >= 11 is 0. The molecule has 8 heteroatoms. The van der Waals surface area contributed by atoms with Crippen molar-refractivity contribution in [1.82, 2.24) is 0 Å². The van der Waals surface area contributed by atoms with Gasteiger partial charge in [-0.25, -0.2) is 37.8 Å². The summed E-state index contributed by atoms with van der Waals surface area (Å²) in [5.41, 5.74) is -1.52. The number of nitrogens with zero attached hydrogens (tertiary/aromatic N) is 4. The van der Waals surface area contributed by atoms with E-state index < -0.39 is 46.5 Å². The summed E-state index contributed by atoms with van der Waals surface area (Å²) in [4.78, 5) is 6.14. The van der Waals surface area contributed by atoms with Crippen molar-refractivity contribution in [3.05, 3.63) is 92.9 Å². The summed E-state index contributed by atoms with van der Waals surface area (Å²) in [6.07, 6.45) is 1.61. The molecule has 28 heavy (non-hydrogen) atoms. The molecular weight excluding hydrogens is 372 g/mol. The average Bonchev–Trinajstić information content (AvgIpc) is 2.68. The van der Waals surface area contributed by atoms with Crippen molar-refractivity contribution in [1.29, 1.82) is 10.5 Å². The number of hydrogen-bond donors (Lipinski definition) is 0. The highest BCUT2D eigenvalue weighted by molar-refractivity contribution is 5.93. The lowest BCUT2D eigenvalue weighted by atomic mass is 9.66. The van der Waals surface area contributed by atoms with Crippen molar-refractivity contribution in [3.63, 3.8) is 0 Å². The van der Waals surface area contributed by atoms with Gasteiger partial charge in [0, 0.05) is 11.8 Å². The molecular formula is C20H6F4N4. The molecule has 0 saturated heterocycles. The fourth-order valence-electron chi connectivity index (χ4n) is 3.42. The zero-order chi connectivity index (χ0) is 20.6. The molecule has 4 nitrogen and oxygen atoms in total. The molecule has 1 aromatic rings. The molecule has 0 fully saturated rings. The van der Waals surface area contributed by atoms with Crippen LogP contribution in [0.25, 0.3) is 20.8 Å². The molecule has 3 rings (SSSR count). The monoisotopic (exact) mass is 378 g/mol. The van der Waals surface area contributed by atoms with Gasteiger partial charge in [0.25, 0.3) is 11.4 Å². The summed E-state index contributed by atoms with van der Waals surface area (Å²) in [5, 5.41) is 18.6. The van der Waals surface area contributed by atoms with Crippen molar-refractivity contribution in [2.75, 3.05) is 0 Å². The summed E-state index contributed by atoms with van der Waals surface area (Å²) < 4.78 is 55.8. The third-order valence-electron chi connectivity index (χ3n) is 4.52. The normalized spacial score (nSPS) is 23.4. The van der Waals surface area contributed by atoms with E-state index in [1.165, 1.54) is 0 Å². The van der Waals surface area contributed by atoms with Gasteiger partial charge in [-0.1, -0.05) is 0 Å². The number of allylic oxidation sites excluding steroid dienone is 8. The number of benzene rings is 1. The summed E-state index contributed by atoms with van der Waals surface area (Å²) in [5.74, 6) is -7.40. The van der Waals surface area contributed by atoms with Crippen molar-refractivity contribution in [2.45, 2.75) is 0 Å². The van der Waals surface area contributed by atoms with E-state index in [2.05, 4.69) is 9.69 Å². The van der Waals surface area contributed by atoms with Crippen molar-refractivity contribution in [2.24, 2.45) is 11.8 Å². The van der Waals surface area contributed by atoms with Crippen LogP contribution in [0.1, 0.15) is 11.1 Å². The van der Waals surface area contributed by atoms with Crippen LogP contribution in [0.3, 0.4) is 0 Å². The zero-order valence-corrected chi connectivity index (χ0v) is 13.8. The molecule has 2 atom stereocenters. The second-order valence-electron chi connectivity index (χ2n) is 5.86. The van der Waals surface area contributed by atoms with E-state index in [0.717, 1.165) is 24.3 Å². The van der Waals surface area contributed by atoms with Crippen LogP contribution in [-0.2, 0) is 0 Å².